The molecule has 0 spiro atoms. The first-order valence-corrected chi connectivity index (χ1v) is 7.69. The van der Waals surface area contributed by atoms with Gasteiger partial charge in [-0.05, 0) is 18.1 Å². The van der Waals surface area contributed by atoms with Gasteiger partial charge in [0, 0.05) is 43.5 Å². The Labute approximate surface area is 127 Å². The number of rotatable bonds is 5. The van der Waals surface area contributed by atoms with Crippen LogP contribution in [-0.2, 0) is 16.0 Å². The second-order valence-electron chi connectivity index (χ2n) is 5.20. The maximum atomic E-state index is 11.8. The molecular weight excluding hydrogens is 322 g/mol. The molecule has 4 nitrogen and oxygen atoms in total. The van der Waals surface area contributed by atoms with Crippen molar-refractivity contribution in [1.29, 1.82) is 0 Å². The Bertz CT molecular complexity index is 458. The van der Waals surface area contributed by atoms with E-state index in [0.29, 0.717) is 45.4 Å². The Morgan fingerprint density at radius 2 is 2.05 bits per heavy atom. The number of halogens is 1. The molecule has 1 saturated heterocycles. The lowest BCUT2D eigenvalue weighted by atomic mass is 9.94. The van der Waals surface area contributed by atoms with Gasteiger partial charge >= 0.3 is 0 Å². The molecule has 1 aromatic rings. The van der Waals surface area contributed by atoms with Crippen LogP contribution >= 0.6 is 15.9 Å². The largest absolute Gasteiger partial charge is 0.388 e. The third-order valence-corrected chi connectivity index (χ3v) is 4.39. The molecule has 2 N–H and O–H groups in total. The van der Waals surface area contributed by atoms with Crippen molar-refractivity contribution in [3.8, 4) is 0 Å². The second-order valence-corrected chi connectivity index (χ2v) is 6.06. The van der Waals surface area contributed by atoms with E-state index in [0.717, 1.165) is 10.0 Å². The van der Waals surface area contributed by atoms with Gasteiger partial charge in [-0.25, -0.2) is 0 Å². The first-order chi connectivity index (χ1) is 9.59. The fourth-order valence-electron chi connectivity index (χ4n) is 2.23. The summed E-state index contributed by atoms with van der Waals surface area (Å²) in [4.78, 5) is 11.8. The van der Waals surface area contributed by atoms with Crippen LogP contribution in [-0.4, -0.2) is 36.4 Å². The highest BCUT2D eigenvalue weighted by Crippen LogP contribution is 2.20. The molecule has 2 rings (SSSR count). The van der Waals surface area contributed by atoms with Gasteiger partial charge in [0.05, 0.1) is 5.60 Å². The van der Waals surface area contributed by atoms with Crippen LogP contribution in [0, 0.1) is 0 Å². The number of carbonyl (C=O) groups is 1. The predicted octanol–water partition coefficient (Wildman–Crippen LogP) is 2.04. The number of amides is 1. The van der Waals surface area contributed by atoms with Gasteiger partial charge < -0.3 is 15.2 Å². The number of hydrogen-bond donors (Lipinski definition) is 2. The minimum absolute atomic E-state index is 0.0272. The van der Waals surface area contributed by atoms with Gasteiger partial charge in [-0.3, -0.25) is 4.79 Å². The molecule has 0 atom stereocenters. The molecule has 0 radical (unpaired) electrons. The number of hydrogen-bond acceptors (Lipinski definition) is 3. The summed E-state index contributed by atoms with van der Waals surface area (Å²) in [5.74, 6) is -0.0272. The normalized spacial score (nSPS) is 17.7. The standard InChI is InChI=1S/C15H20BrNO3/c16-13-4-2-1-3-12(13)5-6-14(18)17-11-15(19)7-9-20-10-8-15/h1-4,19H,5-11H2,(H,17,18). The van der Waals surface area contributed by atoms with Gasteiger partial charge in [-0.1, -0.05) is 34.1 Å². The lowest BCUT2D eigenvalue weighted by Crippen LogP contribution is -2.46. The van der Waals surface area contributed by atoms with Crippen LogP contribution in [0.1, 0.15) is 24.8 Å². The van der Waals surface area contributed by atoms with Crippen LogP contribution in [0.25, 0.3) is 0 Å². The molecule has 1 fully saturated rings. The summed E-state index contributed by atoms with van der Waals surface area (Å²) < 4.78 is 6.24. The highest BCUT2D eigenvalue weighted by atomic mass is 79.9. The molecule has 1 aromatic carbocycles. The van der Waals surface area contributed by atoms with Crippen LogP contribution in [0.15, 0.2) is 28.7 Å². The molecule has 1 heterocycles. The highest BCUT2D eigenvalue weighted by molar-refractivity contribution is 9.10. The zero-order valence-electron chi connectivity index (χ0n) is 11.4. The van der Waals surface area contributed by atoms with E-state index in [4.69, 9.17) is 4.74 Å². The van der Waals surface area contributed by atoms with Crippen molar-refractivity contribution >= 4 is 21.8 Å². The van der Waals surface area contributed by atoms with E-state index in [9.17, 15) is 9.90 Å². The van der Waals surface area contributed by atoms with E-state index in [1.54, 1.807) is 0 Å². The molecule has 1 aliphatic rings. The Hall–Kier alpha value is -0.910. The average Bonchev–Trinajstić information content (AvgIpc) is 2.45. The second kappa shape index (κ2) is 7.20. The van der Waals surface area contributed by atoms with Crippen LogP contribution in [0.4, 0.5) is 0 Å². The van der Waals surface area contributed by atoms with Gasteiger partial charge in [0.25, 0.3) is 0 Å². The lowest BCUT2D eigenvalue weighted by Gasteiger charge is -2.32. The van der Waals surface area contributed by atoms with Crippen LogP contribution in [0.2, 0.25) is 0 Å². The van der Waals surface area contributed by atoms with Crippen molar-refractivity contribution in [1.82, 2.24) is 5.32 Å². The highest BCUT2D eigenvalue weighted by Gasteiger charge is 2.29. The van der Waals surface area contributed by atoms with E-state index in [1.165, 1.54) is 0 Å². The number of ether oxygens (including phenoxy) is 1. The van der Waals surface area contributed by atoms with Gasteiger partial charge in [-0.15, -0.1) is 0 Å². The van der Waals surface area contributed by atoms with Crippen molar-refractivity contribution in [3.05, 3.63) is 34.3 Å². The summed E-state index contributed by atoms with van der Waals surface area (Å²) >= 11 is 3.47. The van der Waals surface area contributed by atoms with Gasteiger partial charge in [0.15, 0.2) is 0 Å². The molecule has 110 valence electrons. The van der Waals surface area contributed by atoms with Crippen molar-refractivity contribution in [2.75, 3.05) is 19.8 Å². The lowest BCUT2D eigenvalue weighted by molar-refractivity contribution is -0.123. The summed E-state index contributed by atoms with van der Waals surface area (Å²) in [5.41, 5.74) is 0.314. The summed E-state index contributed by atoms with van der Waals surface area (Å²) in [5, 5.41) is 13.1. The van der Waals surface area contributed by atoms with Crippen LogP contribution in [0.3, 0.4) is 0 Å². The zero-order chi connectivity index (χ0) is 14.4. The molecule has 20 heavy (non-hydrogen) atoms. The van der Waals surface area contributed by atoms with E-state index < -0.39 is 5.60 Å². The van der Waals surface area contributed by atoms with E-state index in [2.05, 4.69) is 21.2 Å². The summed E-state index contributed by atoms with van der Waals surface area (Å²) in [6.45, 7) is 1.43. The Kier molecular flexibility index (Phi) is 5.57. The van der Waals surface area contributed by atoms with Crippen molar-refractivity contribution in [2.24, 2.45) is 0 Å². The minimum atomic E-state index is -0.804. The minimum Gasteiger partial charge on any atom is -0.388 e. The molecule has 1 aliphatic heterocycles. The van der Waals surface area contributed by atoms with E-state index in [-0.39, 0.29) is 5.91 Å². The Morgan fingerprint density at radius 3 is 2.75 bits per heavy atom. The molecule has 0 bridgehead atoms. The number of benzene rings is 1. The number of aryl methyl sites for hydroxylation is 1. The monoisotopic (exact) mass is 341 g/mol. The third kappa shape index (κ3) is 4.58. The van der Waals surface area contributed by atoms with Gasteiger partial charge in [0.2, 0.25) is 5.91 Å². The number of aliphatic hydroxyl groups is 1. The molecule has 0 aliphatic carbocycles. The first kappa shape index (κ1) is 15.5. The van der Waals surface area contributed by atoms with Crippen molar-refractivity contribution < 1.29 is 14.6 Å². The van der Waals surface area contributed by atoms with E-state index >= 15 is 0 Å². The van der Waals surface area contributed by atoms with Gasteiger partial charge in [-0.2, -0.15) is 0 Å². The quantitative estimate of drug-likeness (QED) is 0.861. The van der Waals surface area contributed by atoms with Crippen molar-refractivity contribution in [3.63, 3.8) is 0 Å². The summed E-state index contributed by atoms with van der Waals surface area (Å²) in [6, 6.07) is 7.89. The van der Waals surface area contributed by atoms with Gasteiger partial charge in [0.1, 0.15) is 0 Å². The van der Waals surface area contributed by atoms with Crippen LogP contribution < -0.4 is 5.32 Å². The predicted molar refractivity (Wildman–Crippen MR) is 80.5 cm³/mol. The Morgan fingerprint density at radius 1 is 1.35 bits per heavy atom. The molecule has 5 heteroatoms. The number of nitrogens with one attached hydrogen (secondary N) is 1. The molecule has 0 unspecified atom stereocenters. The zero-order valence-corrected chi connectivity index (χ0v) is 13.0. The summed E-state index contributed by atoms with van der Waals surface area (Å²) in [7, 11) is 0. The SMILES string of the molecule is O=C(CCc1ccccc1Br)NCC1(O)CCOCC1. The Balaban J connectivity index is 1.74. The summed E-state index contributed by atoms with van der Waals surface area (Å²) in [6.07, 6.45) is 2.28. The molecule has 0 aromatic heterocycles. The molecule has 1 amide bonds. The van der Waals surface area contributed by atoms with Crippen LogP contribution in [0.5, 0.6) is 0 Å². The topological polar surface area (TPSA) is 58.6 Å². The number of carbonyl (C=O) groups excluding carboxylic acids is 1. The fraction of sp³-hybridized carbons (Fsp3) is 0.533. The molecular formula is C15H20BrNO3. The van der Waals surface area contributed by atoms with Crippen molar-refractivity contribution in [2.45, 2.75) is 31.3 Å². The smallest absolute Gasteiger partial charge is 0.220 e. The fourth-order valence-corrected chi connectivity index (χ4v) is 2.71. The molecule has 0 saturated carbocycles. The maximum absolute atomic E-state index is 11.8. The maximum Gasteiger partial charge on any atom is 0.220 e. The third-order valence-electron chi connectivity index (χ3n) is 3.62. The first-order valence-electron chi connectivity index (χ1n) is 6.89. The average molecular weight is 342 g/mol. The van der Waals surface area contributed by atoms with E-state index in [1.807, 2.05) is 24.3 Å².